The minimum absolute atomic E-state index is 0.0974. The van der Waals surface area contributed by atoms with Gasteiger partial charge in [-0.05, 0) is 55.0 Å². The zero-order valence-electron chi connectivity index (χ0n) is 15.5. The Morgan fingerprint density at radius 1 is 1.14 bits per heavy atom. The van der Waals surface area contributed by atoms with Gasteiger partial charge in [-0.3, -0.25) is 15.1 Å². The van der Waals surface area contributed by atoms with Crippen molar-refractivity contribution < 1.29 is 14.6 Å². The Morgan fingerprint density at radius 2 is 1.89 bits per heavy atom. The van der Waals surface area contributed by atoms with Gasteiger partial charge < -0.3 is 9.84 Å². The summed E-state index contributed by atoms with van der Waals surface area (Å²) >= 11 is 0. The Bertz CT molecular complexity index is 926. The Morgan fingerprint density at radius 3 is 2.54 bits per heavy atom. The third kappa shape index (κ3) is 4.98. The Hall–Kier alpha value is -3.60. The molecule has 0 aliphatic heterocycles. The maximum absolute atomic E-state index is 12.7. The van der Waals surface area contributed by atoms with Gasteiger partial charge in [-0.25, -0.2) is 0 Å². The van der Waals surface area contributed by atoms with Crippen LogP contribution in [0.3, 0.4) is 0 Å². The first-order chi connectivity index (χ1) is 13.7. The van der Waals surface area contributed by atoms with Crippen molar-refractivity contribution in [2.24, 2.45) is 4.99 Å². The van der Waals surface area contributed by atoms with Crippen LogP contribution in [-0.2, 0) is 11.3 Å². The van der Waals surface area contributed by atoms with Gasteiger partial charge in [0.05, 0.1) is 0 Å². The average molecular weight is 374 g/mol. The number of aromatic hydroxyl groups is 1. The Labute approximate surface area is 164 Å². The maximum atomic E-state index is 12.7. The van der Waals surface area contributed by atoms with Gasteiger partial charge in [-0.2, -0.15) is 0 Å². The second kappa shape index (κ2) is 9.37. The van der Waals surface area contributed by atoms with Gasteiger partial charge in [-0.15, -0.1) is 0 Å². The van der Waals surface area contributed by atoms with E-state index in [0.29, 0.717) is 11.3 Å². The zero-order valence-corrected chi connectivity index (χ0v) is 15.5. The van der Waals surface area contributed by atoms with Crippen LogP contribution in [0.1, 0.15) is 28.8 Å². The standard InChI is InChI=1S/C23H22N2O3/c1-24-21(18-10-6-3-7-11-18)23(28-16-17-8-4-2-5-9-17)25-22(27)19-12-14-20(26)15-13-19/h2-6,8-10,12-15,26H,1,7,11,16H2,(H,25,27)/b23-21-. The molecule has 2 aromatic carbocycles. The first kappa shape index (κ1) is 19.2. The zero-order chi connectivity index (χ0) is 19.8. The Kier molecular flexibility index (Phi) is 6.41. The molecule has 2 aromatic rings. The molecule has 1 aliphatic rings. The van der Waals surface area contributed by atoms with Gasteiger partial charge in [0.25, 0.3) is 5.91 Å². The minimum atomic E-state index is -0.351. The highest BCUT2D eigenvalue weighted by Crippen LogP contribution is 2.24. The monoisotopic (exact) mass is 374 g/mol. The molecule has 3 rings (SSSR count). The summed E-state index contributed by atoms with van der Waals surface area (Å²) in [5, 5.41) is 12.2. The van der Waals surface area contributed by atoms with Crippen molar-refractivity contribution in [3.8, 4) is 5.75 Å². The van der Waals surface area contributed by atoms with E-state index in [4.69, 9.17) is 4.74 Å². The number of carbonyl (C=O) groups excluding carboxylic acids is 1. The maximum Gasteiger partial charge on any atom is 0.258 e. The van der Waals surface area contributed by atoms with Crippen LogP contribution in [0.25, 0.3) is 0 Å². The van der Waals surface area contributed by atoms with Crippen molar-refractivity contribution in [3.05, 3.63) is 101 Å². The first-order valence-corrected chi connectivity index (χ1v) is 9.01. The van der Waals surface area contributed by atoms with Crippen molar-refractivity contribution in [2.45, 2.75) is 19.4 Å². The van der Waals surface area contributed by atoms with Crippen LogP contribution in [-0.4, -0.2) is 17.7 Å². The summed E-state index contributed by atoms with van der Waals surface area (Å²) in [4.78, 5) is 16.8. The van der Waals surface area contributed by atoms with E-state index >= 15 is 0 Å². The van der Waals surface area contributed by atoms with Crippen LogP contribution in [0.15, 0.2) is 95.0 Å². The number of ether oxygens (including phenoxy) is 1. The van der Waals surface area contributed by atoms with E-state index in [1.807, 2.05) is 42.5 Å². The van der Waals surface area contributed by atoms with Crippen molar-refractivity contribution >= 4 is 12.6 Å². The van der Waals surface area contributed by atoms with E-state index < -0.39 is 0 Å². The van der Waals surface area contributed by atoms with Crippen molar-refractivity contribution in [2.75, 3.05) is 0 Å². The molecule has 28 heavy (non-hydrogen) atoms. The highest BCUT2D eigenvalue weighted by Gasteiger charge is 2.17. The topological polar surface area (TPSA) is 70.9 Å². The lowest BCUT2D eigenvalue weighted by Crippen LogP contribution is -2.26. The highest BCUT2D eigenvalue weighted by atomic mass is 16.5. The number of nitrogens with zero attached hydrogens (tertiary/aromatic N) is 1. The molecule has 2 N–H and O–H groups in total. The molecule has 5 heteroatoms. The lowest BCUT2D eigenvalue weighted by atomic mass is 10.0. The summed E-state index contributed by atoms with van der Waals surface area (Å²) in [6.45, 7) is 3.95. The molecule has 0 spiro atoms. The van der Waals surface area contributed by atoms with Gasteiger partial charge in [0.15, 0.2) is 0 Å². The molecule has 0 aromatic heterocycles. The lowest BCUT2D eigenvalue weighted by molar-refractivity contribution is 0.0907. The summed E-state index contributed by atoms with van der Waals surface area (Å²) in [6.07, 6.45) is 7.66. The molecular weight excluding hydrogens is 352 g/mol. The number of hydrogen-bond donors (Lipinski definition) is 2. The number of phenolic OH excluding ortho intramolecular Hbond substituents is 1. The fourth-order valence-electron chi connectivity index (χ4n) is 2.80. The van der Waals surface area contributed by atoms with E-state index in [1.54, 1.807) is 12.1 Å². The van der Waals surface area contributed by atoms with Gasteiger partial charge in [-0.1, -0.05) is 48.6 Å². The summed E-state index contributed by atoms with van der Waals surface area (Å²) in [5.74, 6) is 0.00915. The first-order valence-electron chi connectivity index (χ1n) is 9.01. The fraction of sp³-hybridized carbons (Fsp3) is 0.130. The highest BCUT2D eigenvalue weighted by molar-refractivity contribution is 5.95. The number of hydrogen-bond acceptors (Lipinski definition) is 4. The number of nitrogens with one attached hydrogen (secondary N) is 1. The largest absolute Gasteiger partial charge is 0.508 e. The average Bonchev–Trinajstić information content (AvgIpc) is 2.74. The summed E-state index contributed by atoms with van der Waals surface area (Å²) in [6, 6.07) is 15.7. The molecule has 142 valence electrons. The summed E-state index contributed by atoms with van der Waals surface area (Å²) in [7, 11) is 0. The van der Waals surface area contributed by atoms with Crippen LogP contribution in [0.4, 0.5) is 0 Å². The normalized spacial score (nSPS) is 13.9. The number of benzene rings is 2. The predicted molar refractivity (Wildman–Crippen MR) is 110 cm³/mol. The Balaban J connectivity index is 1.88. The van der Waals surface area contributed by atoms with Gasteiger partial charge in [0.2, 0.25) is 5.88 Å². The number of rotatable bonds is 7. The van der Waals surface area contributed by atoms with E-state index in [0.717, 1.165) is 24.0 Å². The van der Waals surface area contributed by atoms with Crippen molar-refractivity contribution in [1.82, 2.24) is 5.32 Å². The van der Waals surface area contributed by atoms with Crippen LogP contribution in [0.2, 0.25) is 0 Å². The molecule has 0 saturated heterocycles. The molecule has 0 saturated carbocycles. The van der Waals surface area contributed by atoms with Gasteiger partial charge in [0.1, 0.15) is 18.1 Å². The second-order valence-corrected chi connectivity index (χ2v) is 6.27. The van der Waals surface area contributed by atoms with Crippen LogP contribution >= 0.6 is 0 Å². The molecule has 0 unspecified atom stereocenters. The molecule has 1 amide bonds. The molecule has 0 radical (unpaired) electrons. The van der Waals surface area contributed by atoms with Gasteiger partial charge >= 0.3 is 0 Å². The third-order valence-electron chi connectivity index (χ3n) is 4.27. The molecule has 0 fully saturated rings. The fourth-order valence-corrected chi connectivity index (χ4v) is 2.80. The van der Waals surface area contributed by atoms with E-state index in [9.17, 15) is 9.90 Å². The minimum Gasteiger partial charge on any atom is -0.508 e. The van der Waals surface area contributed by atoms with Crippen molar-refractivity contribution in [1.29, 1.82) is 0 Å². The smallest absolute Gasteiger partial charge is 0.258 e. The van der Waals surface area contributed by atoms with E-state index in [2.05, 4.69) is 23.1 Å². The number of allylic oxidation sites excluding steroid dienone is 4. The number of phenols is 1. The lowest BCUT2D eigenvalue weighted by Gasteiger charge is -2.17. The number of amides is 1. The van der Waals surface area contributed by atoms with E-state index in [1.165, 1.54) is 12.1 Å². The molecular formula is C23H22N2O3. The van der Waals surface area contributed by atoms with Crippen LogP contribution in [0.5, 0.6) is 5.75 Å². The summed E-state index contributed by atoms with van der Waals surface area (Å²) in [5.41, 5.74) is 2.85. The third-order valence-corrected chi connectivity index (χ3v) is 4.27. The SMILES string of the molecule is C=N/C(C1=CC=CCC1)=C(/NC(=O)c1ccc(O)cc1)OCc1ccccc1. The quantitative estimate of drug-likeness (QED) is 0.554. The van der Waals surface area contributed by atoms with Gasteiger partial charge in [0, 0.05) is 5.56 Å². The van der Waals surface area contributed by atoms with E-state index in [-0.39, 0.29) is 24.1 Å². The number of aliphatic imine (C=N–C) groups is 1. The van der Waals surface area contributed by atoms with Crippen molar-refractivity contribution in [3.63, 3.8) is 0 Å². The molecule has 0 bridgehead atoms. The second-order valence-electron chi connectivity index (χ2n) is 6.27. The molecule has 0 heterocycles. The van der Waals surface area contributed by atoms with Crippen LogP contribution < -0.4 is 5.32 Å². The number of carbonyl (C=O) groups is 1. The molecule has 1 aliphatic carbocycles. The predicted octanol–water partition coefficient (Wildman–Crippen LogP) is 4.48. The molecule has 0 atom stereocenters. The molecule has 5 nitrogen and oxygen atoms in total. The summed E-state index contributed by atoms with van der Waals surface area (Å²) < 4.78 is 5.95. The van der Waals surface area contributed by atoms with Crippen LogP contribution in [0, 0.1) is 0 Å².